The summed E-state index contributed by atoms with van der Waals surface area (Å²) in [5.41, 5.74) is 0. The Kier molecular flexibility index (Phi) is 3.53. The standard InChI is InChI=1S/C10H20O2/c1-4-10-9(5-6-11)7(2)8(3)12-10/h7-11H,4-6H2,1-3H3/t7-,8+,9-,10-/m1/s1. The number of rotatable bonds is 3. The van der Waals surface area contributed by atoms with Crippen LogP contribution in [0.25, 0.3) is 0 Å². The molecule has 2 heteroatoms. The van der Waals surface area contributed by atoms with Crippen LogP contribution in [-0.4, -0.2) is 23.9 Å². The molecule has 0 bridgehead atoms. The number of hydrogen-bond donors (Lipinski definition) is 1. The van der Waals surface area contributed by atoms with E-state index in [0.29, 0.717) is 30.7 Å². The maximum atomic E-state index is 8.89. The van der Waals surface area contributed by atoms with Gasteiger partial charge in [0.05, 0.1) is 12.2 Å². The minimum absolute atomic E-state index is 0.293. The van der Waals surface area contributed by atoms with Crippen LogP contribution in [0.2, 0.25) is 0 Å². The van der Waals surface area contributed by atoms with Gasteiger partial charge in [0, 0.05) is 6.61 Å². The van der Waals surface area contributed by atoms with E-state index in [2.05, 4.69) is 20.8 Å². The number of aliphatic hydroxyl groups is 1. The van der Waals surface area contributed by atoms with E-state index in [1.54, 1.807) is 0 Å². The van der Waals surface area contributed by atoms with Gasteiger partial charge in [0.25, 0.3) is 0 Å². The van der Waals surface area contributed by atoms with E-state index in [-0.39, 0.29) is 0 Å². The summed E-state index contributed by atoms with van der Waals surface area (Å²) in [6.45, 7) is 6.80. The molecule has 72 valence electrons. The first-order chi connectivity index (χ1) is 5.70. The maximum Gasteiger partial charge on any atom is 0.0608 e. The molecule has 4 atom stereocenters. The van der Waals surface area contributed by atoms with E-state index in [4.69, 9.17) is 9.84 Å². The lowest BCUT2D eigenvalue weighted by molar-refractivity contribution is 0.0353. The van der Waals surface area contributed by atoms with Crippen LogP contribution >= 0.6 is 0 Å². The molecule has 1 aliphatic heterocycles. The average molecular weight is 172 g/mol. The molecule has 0 spiro atoms. The predicted molar refractivity (Wildman–Crippen MR) is 49.0 cm³/mol. The Morgan fingerprint density at radius 2 is 2.00 bits per heavy atom. The van der Waals surface area contributed by atoms with Crippen LogP contribution < -0.4 is 0 Å². The van der Waals surface area contributed by atoms with Gasteiger partial charge in [-0.3, -0.25) is 0 Å². The summed E-state index contributed by atoms with van der Waals surface area (Å²) in [6.07, 6.45) is 2.71. The second-order valence-electron chi connectivity index (χ2n) is 3.82. The lowest BCUT2D eigenvalue weighted by Crippen LogP contribution is -2.20. The first-order valence-electron chi connectivity index (χ1n) is 4.97. The van der Waals surface area contributed by atoms with Gasteiger partial charge in [-0.2, -0.15) is 0 Å². The van der Waals surface area contributed by atoms with Crippen molar-refractivity contribution in [2.24, 2.45) is 11.8 Å². The van der Waals surface area contributed by atoms with E-state index >= 15 is 0 Å². The highest BCUT2D eigenvalue weighted by molar-refractivity contribution is 4.85. The fraction of sp³-hybridized carbons (Fsp3) is 1.00. The number of hydrogen-bond acceptors (Lipinski definition) is 2. The van der Waals surface area contributed by atoms with Crippen molar-refractivity contribution in [2.75, 3.05) is 6.61 Å². The Morgan fingerprint density at radius 3 is 2.50 bits per heavy atom. The van der Waals surface area contributed by atoms with Crippen molar-refractivity contribution in [2.45, 2.75) is 45.8 Å². The molecule has 0 aromatic rings. The molecule has 12 heavy (non-hydrogen) atoms. The Bertz CT molecular complexity index is 136. The van der Waals surface area contributed by atoms with E-state index < -0.39 is 0 Å². The van der Waals surface area contributed by atoms with E-state index in [9.17, 15) is 0 Å². The summed E-state index contributed by atoms with van der Waals surface area (Å²) in [7, 11) is 0. The van der Waals surface area contributed by atoms with Gasteiger partial charge < -0.3 is 9.84 Å². The monoisotopic (exact) mass is 172 g/mol. The zero-order valence-corrected chi connectivity index (χ0v) is 8.29. The summed E-state index contributed by atoms with van der Waals surface area (Å²) in [5.74, 6) is 1.16. The molecule has 0 saturated carbocycles. The van der Waals surface area contributed by atoms with E-state index in [1.165, 1.54) is 0 Å². The van der Waals surface area contributed by atoms with Crippen molar-refractivity contribution in [3.8, 4) is 0 Å². The second-order valence-corrected chi connectivity index (χ2v) is 3.82. The molecule has 0 unspecified atom stereocenters. The topological polar surface area (TPSA) is 29.5 Å². The normalized spacial score (nSPS) is 42.0. The highest BCUT2D eigenvalue weighted by atomic mass is 16.5. The van der Waals surface area contributed by atoms with Crippen LogP contribution in [0.3, 0.4) is 0 Å². The van der Waals surface area contributed by atoms with Gasteiger partial charge in [0.15, 0.2) is 0 Å². The van der Waals surface area contributed by atoms with Crippen LogP contribution in [-0.2, 0) is 4.74 Å². The highest BCUT2D eigenvalue weighted by Gasteiger charge is 2.37. The smallest absolute Gasteiger partial charge is 0.0608 e. The Hall–Kier alpha value is -0.0800. The van der Waals surface area contributed by atoms with Gasteiger partial charge in [-0.05, 0) is 31.6 Å². The first kappa shape index (κ1) is 10.0. The summed E-state index contributed by atoms with van der Waals surface area (Å²) in [4.78, 5) is 0. The molecular weight excluding hydrogens is 152 g/mol. The van der Waals surface area contributed by atoms with Gasteiger partial charge in [-0.1, -0.05) is 13.8 Å². The molecule has 0 aliphatic carbocycles. The van der Waals surface area contributed by atoms with Crippen molar-refractivity contribution in [1.29, 1.82) is 0 Å². The predicted octanol–water partition coefficient (Wildman–Crippen LogP) is 1.82. The first-order valence-corrected chi connectivity index (χ1v) is 4.97. The zero-order valence-electron chi connectivity index (χ0n) is 8.29. The maximum absolute atomic E-state index is 8.89. The average Bonchev–Trinajstić information content (AvgIpc) is 2.33. The molecule has 0 amide bonds. The second kappa shape index (κ2) is 4.24. The van der Waals surface area contributed by atoms with Crippen molar-refractivity contribution in [3.05, 3.63) is 0 Å². The Labute approximate surface area is 74.9 Å². The van der Waals surface area contributed by atoms with Crippen molar-refractivity contribution >= 4 is 0 Å². The third kappa shape index (κ3) is 1.80. The Morgan fingerprint density at radius 1 is 1.33 bits per heavy atom. The fourth-order valence-corrected chi connectivity index (χ4v) is 2.18. The molecular formula is C10H20O2. The van der Waals surface area contributed by atoms with Crippen LogP contribution in [0.15, 0.2) is 0 Å². The van der Waals surface area contributed by atoms with Crippen molar-refractivity contribution in [1.82, 2.24) is 0 Å². The lowest BCUT2D eigenvalue weighted by Gasteiger charge is -2.18. The number of aliphatic hydroxyl groups excluding tert-OH is 1. The van der Waals surface area contributed by atoms with Gasteiger partial charge in [-0.25, -0.2) is 0 Å². The van der Waals surface area contributed by atoms with Crippen LogP contribution in [0.5, 0.6) is 0 Å². The van der Waals surface area contributed by atoms with Crippen LogP contribution in [0.4, 0.5) is 0 Å². The third-order valence-electron chi connectivity index (χ3n) is 3.15. The van der Waals surface area contributed by atoms with E-state index in [1.807, 2.05) is 0 Å². The minimum Gasteiger partial charge on any atom is -0.396 e. The Balaban J connectivity index is 2.53. The molecule has 0 radical (unpaired) electrons. The van der Waals surface area contributed by atoms with Crippen LogP contribution in [0.1, 0.15) is 33.6 Å². The molecule has 1 fully saturated rings. The van der Waals surface area contributed by atoms with Gasteiger partial charge in [-0.15, -0.1) is 0 Å². The molecule has 1 heterocycles. The molecule has 0 aromatic carbocycles. The van der Waals surface area contributed by atoms with E-state index in [0.717, 1.165) is 12.8 Å². The fourth-order valence-electron chi connectivity index (χ4n) is 2.18. The quantitative estimate of drug-likeness (QED) is 0.703. The number of ether oxygens (including phenoxy) is 1. The van der Waals surface area contributed by atoms with Crippen LogP contribution in [0, 0.1) is 11.8 Å². The summed E-state index contributed by atoms with van der Waals surface area (Å²) >= 11 is 0. The SMILES string of the molecule is CC[C@H]1O[C@@H](C)[C@@H](C)[C@H]1CCO. The lowest BCUT2D eigenvalue weighted by atomic mass is 9.86. The summed E-state index contributed by atoms with van der Waals surface area (Å²) in [6, 6.07) is 0. The molecule has 1 rings (SSSR count). The highest BCUT2D eigenvalue weighted by Crippen LogP contribution is 2.35. The van der Waals surface area contributed by atoms with Crippen molar-refractivity contribution < 1.29 is 9.84 Å². The molecule has 1 N–H and O–H groups in total. The summed E-state index contributed by atoms with van der Waals surface area (Å²) in [5, 5.41) is 8.89. The molecule has 1 aliphatic rings. The molecule has 0 aromatic heterocycles. The van der Waals surface area contributed by atoms with Gasteiger partial charge >= 0.3 is 0 Å². The molecule has 1 saturated heterocycles. The van der Waals surface area contributed by atoms with Crippen molar-refractivity contribution in [3.63, 3.8) is 0 Å². The van der Waals surface area contributed by atoms with Gasteiger partial charge in [0.1, 0.15) is 0 Å². The zero-order chi connectivity index (χ0) is 9.14. The largest absolute Gasteiger partial charge is 0.396 e. The van der Waals surface area contributed by atoms with Gasteiger partial charge in [0.2, 0.25) is 0 Å². The summed E-state index contributed by atoms with van der Waals surface area (Å²) < 4.78 is 5.78. The minimum atomic E-state index is 0.293. The molecule has 2 nitrogen and oxygen atoms in total. The third-order valence-corrected chi connectivity index (χ3v) is 3.15.